The lowest BCUT2D eigenvalue weighted by Crippen LogP contribution is -2.47. The predicted molar refractivity (Wildman–Crippen MR) is 93.0 cm³/mol. The second-order valence-corrected chi connectivity index (χ2v) is 8.51. The van der Waals surface area contributed by atoms with Crippen LogP contribution in [0.4, 0.5) is 4.79 Å². The quantitative estimate of drug-likeness (QED) is 0.814. The van der Waals surface area contributed by atoms with Gasteiger partial charge in [0, 0.05) is 19.5 Å². The number of urea groups is 1. The second kappa shape index (κ2) is 7.34. The Hall–Kier alpha value is -1.59. The molecule has 6 nitrogen and oxygen atoms in total. The predicted octanol–water partition coefficient (Wildman–Crippen LogP) is 3.30. The molecule has 3 rings (SSSR count). The summed E-state index contributed by atoms with van der Waals surface area (Å²) >= 11 is 0. The Bertz CT molecular complexity index is 534. The van der Waals surface area contributed by atoms with Crippen LogP contribution in [0.25, 0.3) is 0 Å². The number of carbonyl (C=O) groups is 3. The Kier molecular flexibility index (Phi) is 5.35. The number of likely N-dealkylation sites (tertiary alicyclic amines) is 1. The number of carboxylic acid groups (broad SMARTS) is 1. The van der Waals surface area contributed by atoms with Gasteiger partial charge >= 0.3 is 12.0 Å². The van der Waals surface area contributed by atoms with Gasteiger partial charge in [-0.25, -0.2) is 4.79 Å². The lowest BCUT2D eigenvalue weighted by atomic mass is 9.72. The molecule has 1 saturated heterocycles. The lowest BCUT2D eigenvalue weighted by molar-refractivity contribution is -0.140. The average molecular weight is 350 g/mol. The third kappa shape index (κ3) is 4.15. The van der Waals surface area contributed by atoms with Gasteiger partial charge in [0.2, 0.25) is 5.91 Å². The molecule has 25 heavy (non-hydrogen) atoms. The van der Waals surface area contributed by atoms with Crippen LogP contribution in [0.2, 0.25) is 0 Å². The zero-order chi connectivity index (χ0) is 17.9. The first-order chi connectivity index (χ1) is 11.9. The van der Waals surface area contributed by atoms with Gasteiger partial charge in [0.1, 0.15) is 0 Å². The maximum atomic E-state index is 12.6. The molecule has 0 radical (unpaired) electrons. The fourth-order valence-corrected chi connectivity index (χ4v) is 5.11. The smallest absolute Gasteiger partial charge is 0.324 e. The molecule has 0 unspecified atom stereocenters. The minimum absolute atomic E-state index is 0.00371. The Morgan fingerprint density at radius 3 is 2.20 bits per heavy atom. The van der Waals surface area contributed by atoms with E-state index in [1.165, 1.54) is 11.3 Å². The summed E-state index contributed by atoms with van der Waals surface area (Å²) in [6, 6.07) is -0.331. The standard InChI is InChI=1S/C19H30N2O4/c22-15-11-19(9-5-2-6-10-19)14-21(15)17(25)20-13-18(12-16(23)24)7-3-1-4-8-18/h1-14H2,(H,20,25)(H,23,24). The first-order valence-corrected chi connectivity index (χ1v) is 9.74. The molecule has 0 bridgehead atoms. The summed E-state index contributed by atoms with van der Waals surface area (Å²) in [5.74, 6) is -0.884. The molecule has 1 heterocycles. The van der Waals surface area contributed by atoms with Crippen molar-refractivity contribution in [1.29, 1.82) is 0 Å². The molecule has 1 aliphatic heterocycles. The van der Waals surface area contributed by atoms with E-state index in [0.29, 0.717) is 19.5 Å². The molecule has 2 aliphatic carbocycles. The summed E-state index contributed by atoms with van der Waals surface area (Å²) in [5.41, 5.74) is -0.360. The van der Waals surface area contributed by atoms with Crippen molar-refractivity contribution in [3.05, 3.63) is 0 Å². The van der Waals surface area contributed by atoms with Crippen LogP contribution in [0.15, 0.2) is 0 Å². The molecular weight excluding hydrogens is 320 g/mol. The van der Waals surface area contributed by atoms with E-state index in [4.69, 9.17) is 0 Å². The van der Waals surface area contributed by atoms with Gasteiger partial charge in [0.25, 0.3) is 0 Å². The van der Waals surface area contributed by atoms with E-state index in [1.807, 2.05) is 0 Å². The van der Waals surface area contributed by atoms with Crippen molar-refractivity contribution in [2.45, 2.75) is 77.0 Å². The molecule has 6 heteroatoms. The van der Waals surface area contributed by atoms with Gasteiger partial charge in [-0.1, -0.05) is 38.5 Å². The van der Waals surface area contributed by atoms with Crippen LogP contribution < -0.4 is 5.32 Å². The Labute approximate surface area is 149 Å². The van der Waals surface area contributed by atoms with E-state index in [0.717, 1.165) is 57.8 Å². The highest BCUT2D eigenvalue weighted by molar-refractivity contribution is 5.96. The second-order valence-electron chi connectivity index (χ2n) is 8.51. The summed E-state index contributed by atoms with van der Waals surface area (Å²) in [6.07, 6.45) is 11.0. The van der Waals surface area contributed by atoms with Crippen molar-refractivity contribution < 1.29 is 19.5 Å². The highest BCUT2D eigenvalue weighted by atomic mass is 16.4. The largest absolute Gasteiger partial charge is 0.481 e. The van der Waals surface area contributed by atoms with Gasteiger partial charge in [-0.2, -0.15) is 0 Å². The van der Waals surface area contributed by atoms with E-state index in [-0.39, 0.29) is 29.2 Å². The number of rotatable bonds is 4. The Balaban J connectivity index is 1.59. The number of carbonyl (C=O) groups excluding carboxylic acids is 2. The molecule has 1 spiro atoms. The van der Waals surface area contributed by atoms with Crippen LogP contribution in [0.3, 0.4) is 0 Å². The molecule has 0 aromatic heterocycles. The van der Waals surface area contributed by atoms with E-state index in [2.05, 4.69) is 5.32 Å². The molecular formula is C19H30N2O4. The molecule has 0 aromatic carbocycles. The van der Waals surface area contributed by atoms with Crippen molar-refractivity contribution in [3.63, 3.8) is 0 Å². The normalized spacial score (nSPS) is 25.1. The van der Waals surface area contributed by atoms with Crippen molar-refractivity contribution in [2.75, 3.05) is 13.1 Å². The number of nitrogens with zero attached hydrogens (tertiary/aromatic N) is 1. The van der Waals surface area contributed by atoms with Gasteiger partial charge in [-0.05, 0) is 36.5 Å². The van der Waals surface area contributed by atoms with Crippen molar-refractivity contribution >= 4 is 17.9 Å². The first kappa shape index (κ1) is 18.2. The zero-order valence-electron chi connectivity index (χ0n) is 15.0. The van der Waals surface area contributed by atoms with E-state index < -0.39 is 5.97 Å². The number of nitrogens with one attached hydrogen (secondary N) is 1. The number of aliphatic carboxylic acids is 1. The molecule has 3 fully saturated rings. The van der Waals surface area contributed by atoms with Crippen molar-refractivity contribution in [1.82, 2.24) is 10.2 Å². The van der Waals surface area contributed by atoms with Crippen LogP contribution in [-0.2, 0) is 9.59 Å². The van der Waals surface area contributed by atoms with E-state index >= 15 is 0 Å². The summed E-state index contributed by atoms with van der Waals surface area (Å²) in [7, 11) is 0. The number of amides is 3. The molecule has 2 N–H and O–H groups in total. The maximum Gasteiger partial charge on any atom is 0.324 e. The fourth-order valence-electron chi connectivity index (χ4n) is 5.11. The highest BCUT2D eigenvalue weighted by Gasteiger charge is 2.46. The summed E-state index contributed by atoms with van der Waals surface area (Å²) in [6.45, 7) is 0.887. The molecule has 0 atom stereocenters. The Morgan fingerprint density at radius 2 is 1.60 bits per heavy atom. The van der Waals surface area contributed by atoms with Gasteiger partial charge < -0.3 is 10.4 Å². The SMILES string of the molecule is O=C(O)CC1(CNC(=O)N2CC3(CCCCC3)CC2=O)CCCCC1. The average Bonchev–Trinajstić information content (AvgIpc) is 2.89. The third-order valence-corrected chi connectivity index (χ3v) is 6.54. The number of imide groups is 1. The van der Waals surface area contributed by atoms with Gasteiger partial charge in [0.05, 0.1) is 6.42 Å². The fraction of sp³-hybridized carbons (Fsp3) is 0.842. The monoisotopic (exact) mass is 350 g/mol. The maximum absolute atomic E-state index is 12.6. The van der Waals surface area contributed by atoms with Crippen LogP contribution in [0, 0.1) is 10.8 Å². The Morgan fingerprint density at radius 1 is 1.00 bits per heavy atom. The van der Waals surface area contributed by atoms with Crippen LogP contribution in [0.1, 0.15) is 77.0 Å². The van der Waals surface area contributed by atoms with Crippen LogP contribution >= 0.6 is 0 Å². The van der Waals surface area contributed by atoms with Crippen LogP contribution in [-0.4, -0.2) is 41.0 Å². The molecule has 3 aliphatic rings. The van der Waals surface area contributed by atoms with Gasteiger partial charge in [0.15, 0.2) is 0 Å². The third-order valence-electron chi connectivity index (χ3n) is 6.54. The molecule has 140 valence electrons. The molecule has 0 aromatic rings. The molecule has 2 saturated carbocycles. The molecule has 3 amide bonds. The number of carboxylic acids is 1. The van der Waals surface area contributed by atoms with Gasteiger partial charge in [-0.15, -0.1) is 0 Å². The summed E-state index contributed by atoms with van der Waals surface area (Å²) in [5, 5.41) is 12.1. The summed E-state index contributed by atoms with van der Waals surface area (Å²) < 4.78 is 0. The summed E-state index contributed by atoms with van der Waals surface area (Å²) in [4.78, 5) is 37.6. The van der Waals surface area contributed by atoms with Crippen LogP contribution in [0.5, 0.6) is 0 Å². The van der Waals surface area contributed by atoms with Gasteiger partial charge in [-0.3, -0.25) is 14.5 Å². The van der Waals surface area contributed by atoms with Crippen molar-refractivity contribution in [2.24, 2.45) is 10.8 Å². The first-order valence-electron chi connectivity index (χ1n) is 9.74. The highest BCUT2D eigenvalue weighted by Crippen LogP contribution is 2.44. The lowest BCUT2D eigenvalue weighted by Gasteiger charge is -2.36. The zero-order valence-corrected chi connectivity index (χ0v) is 15.0. The van der Waals surface area contributed by atoms with Crippen molar-refractivity contribution in [3.8, 4) is 0 Å². The topological polar surface area (TPSA) is 86.7 Å². The minimum Gasteiger partial charge on any atom is -0.481 e. The number of hydrogen-bond acceptors (Lipinski definition) is 3. The van der Waals surface area contributed by atoms with E-state index in [1.54, 1.807) is 0 Å². The minimum atomic E-state index is -0.811. The van der Waals surface area contributed by atoms with E-state index in [9.17, 15) is 19.5 Å². The number of hydrogen-bond donors (Lipinski definition) is 2.